The first-order valence-electron chi connectivity index (χ1n) is 7.78. The average Bonchev–Trinajstić information content (AvgIpc) is 3.02. The first kappa shape index (κ1) is 20.7. The van der Waals surface area contributed by atoms with Gasteiger partial charge in [-0.05, 0) is 31.4 Å². The van der Waals surface area contributed by atoms with Crippen LogP contribution in [0.1, 0.15) is 30.9 Å². The number of nitrogens with one attached hydrogen (secondary N) is 2. The molecule has 0 fully saturated rings. The molecular formula is C16H23ClIN5O. The van der Waals surface area contributed by atoms with E-state index in [2.05, 4.69) is 25.8 Å². The Morgan fingerprint density at radius 2 is 2.12 bits per heavy atom. The fraction of sp³-hybridized carbons (Fsp3) is 0.438. The van der Waals surface area contributed by atoms with Crippen LogP contribution >= 0.6 is 35.6 Å². The maximum atomic E-state index is 5.78. The number of guanidine groups is 1. The third kappa shape index (κ3) is 7.04. The highest BCUT2D eigenvalue weighted by molar-refractivity contribution is 14.0. The van der Waals surface area contributed by atoms with Crippen molar-refractivity contribution in [3.05, 3.63) is 46.6 Å². The molecule has 0 unspecified atom stereocenters. The minimum atomic E-state index is 0. The Hall–Kier alpha value is -1.35. The summed E-state index contributed by atoms with van der Waals surface area (Å²) < 4.78 is 5.24. The molecule has 2 aromatic heterocycles. The summed E-state index contributed by atoms with van der Waals surface area (Å²) in [6.07, 6.45) is 3.49. The quantitative estimate of drug-likeness (QED) is 0.285. The van der Waals surface area contributed by atoms with Gasteiger partial charge in [-0.3, -0.25) is 0 Å². The molecule has 24 heavy (non-hydrogen) atoms. The van der Waals surface area contributed by atoms with Gasteiger partial charge in [0.2, 0.25) is 0 Å². The third-order valence-corrected chi connectivity index (χ3v) is 3.43. The number of aliphatic imine (C=N–C) groups is 1. The third-order valence-electron chi connectivity index (χ3n) is 3.20. The fourth-order valence-corrected chi connectivity index (χ4v) is 2.09. The normalized spacial score (nSPS) is 11.0. The van der Waals surface area contributed by atoms with Crippen molar-refractivity contribution in [1.82, 2.24) is 20.8 Å². The van der Waals surface area contributed by atoms with Gasteiger partial charge < -0.3 is 15.2 Å². The molecule has 8 heteroatoms. The molecule has 6 nitrogen and oxygen atoms in total. The molecule has 2 aromatic rings. The molecular weight excluding hydrogens is 441 g/mol. The molecule has 0 aliphatic heterocycles. The lowest BCUT2D eigenvalue weighted by Gasteiger charge is -2.10. The van der Waals surface area contributed by atoms with E-state index in [1.54, 1.807) is 12.3 Å². The molecule has 0 aromatic carbocycles. The number of hydrogen-bond donors (Lipinski definition) is 2. The summed E-state index contributed by atoms with van der Waals surface area (Å²) in [6, 6.07) is 5.71. The second-order valence-electron chi connectivity index (χ2n) is 5.00. The Kier molecular flexibility index (Phi) is 9.70. The molecule has 0 bridgehead atoms. The van der Waals surface area contributed by atoms with E-state index in [0.717, 1.165) is 48.9 Å². The van der Waals surface area contributed by atoms with E-state index in [4.69, 9.17) is 16.1 Å². The van der Waals surface area contributed by atoms with Gasteiger partial charge >= 0.3 is 0 Å². The second-order valence-corrected chi connectivity index (χ2v) is 5.39. The maximum Gasteiger partial charge on any atom is 0.191 e. The summed E-state index contributed by atoms with van der Waals surface area (Å²) in [5, 5.41) is 11.0. The van der Waals surface area contributed by atoms with Gasteiger partial charge in [-0.15, -0.1) is 24.0 Å². The van der Waals surface area contributed by atoms with Gasteiger partial charge in [0, 0.05) is 25.4 Å². The molecule has 0 aliphatic carbocycles. The number of hydrogen-bond acceptors (Lipinski definition) is 4. The topological polar surface area (TPSA) is 75.3 Å². The SMILES string of the molecule is CCNC(=NCc1cc(CC)no1)NCCc1ccc(Cl)nc1.I. The van der Waals surface area contributed by atoms with Crippen molar-refractivity contribution in [3.8, 4) is 0 Å². The number of aromatic nitrogens is 2. The predicted octanol–water partition coefficient (Wildman–Crippen LogP) is 3.20. The van der Waals surface area contributed by atoms with Crippen LogP contribution in [0.2, 0.25) is 5.15 Å². The molecule has 0 saturated heterocycles. The lowest BCUT2D eigenvalue weighted by atomic mass is 10.2. The molecule has 0 spiro atoms. The predicted molar refractivity (Wildman–Crippen MR) is 107 cm³/mol. The van der Waals surface area contributed by atoms with Crippen LogP contribution in [0, 0.1) is 0 Å². The van der Waals surface area contributed by atoms with Gasteiger partial charge in [-0.1, -0.05) is 29.7 Å². The van der Waals surface area contributed by atoms with E-state index >= 15 is 0 Å². The lowest BCUT2D eigenvalue weighted by Crippen LogP contribution is -2.38. The lowest BCUT2D eigenvalue weighted by molar-refractivity contribution is 0.379. The number of nitrogens with zero attached hydrogens (tertiary/aromatic N) is 3. The first-order valence-corrected chi connectivity index (χ1v) is 8.16. The number of aryl methyl sites for hydroxylation is 1. The van der Waals surface area contributed by atoms with Gasteiger partial charge in [0.15, 0.2) is 11.7 Å². The zero-order valence-corrected chi connectivity index (χ0v) is 17.0. The molecule has 0 radical (unpaired) electrons. The Labute approximate surface area is 164 Å². The smallest absolute Gasteiger partial charge is 0.191 e. The summed E-state index contributed by atoms with van der Waals surface area (Å²) in [6.45, 7) is 6.09. The highest BCUT2D eigenvalue weighted by Gasteiger charge is 2.03. The van der Waals surface area contributed by atoms with Crippen molar-refractivity contribution >= 4 is 41.5 Å². The maximum absolute atomic E-state index is 5.78. The van der Waals surface area contributed by atoms with Crippen molar-refractivity contribution in [2.24, 2.45) is 4.99 Å². The average molecular weight is 464 g/mol. The van der Waals surface area contributed by atoms with Crippen LogP contribution < -0.4 is 10.6 Å². The largest absolute Gasteiger partial charge is 0.359 e. The Morgan fingerprint density at radius 3 is 2.75 bits per heavy atom. The summed E-state index contributed by atoms with van der Waals surface area (Å²) in [4.78, 5) is 8.57. The number of halogens is 2. The van der Waals surface area contributed by atoms with Crippen LogP contribution in [0.5, 0.6) is 0 Å². The molecule has 0 atom stereocenters. The summed E-state index contributed by atoms with van der Waals surface area (Å²) in [5.41, 5.74) is 2.07. The first-order chi connectivity index (χ1) is 11.2. The summed E-state index contributed by atoms with van der Waals surface area (Å²) >= 11 is 5.78. The minimum absolute atomic E-state index is 0. The van der Waals surface area contributed by atoms with Crippen molar-refractivity contribution in [2.45, 2.75) is 33.2 Å². The zero-order chi connectivity index (χ0) is 16.5. The molecule has 2 N–H and O–H groups in total. The summed E-state index contributed by atoms with van der Waals surface area (Å²) in [7, 11) is 0. The Bertz CT molecular complexity index is 630. The molecule has 0 saturated carbocycles. The van der Waals surface area contributed by atoms with Crippen LogP contribution in [0.3, 0.4) is 0 Å². The summed E-state index contributed by atoms with van der Waals surface area (Å²) in [5.74, 6) is 1.52. The molecule has 0 aliphatic rings. The van der Waals surface area contributed by atoms with E-state index < -0.39 is 0 Å². The molecule has 2 rings (SSSR count). The van der Waals surface area contributed by atoms with Crippen LogP contribution in [-0.2, 0) is 19.4 Å². The van der Waals surface area contributed by atoms with E-state index in [9.17, 15) is 0 Å². The van der Waals surface area contributed by atoms with Crippen molar-refractivity contribution in [2.75, 3.05) is 13.1 Å². The monoisotopic (exact) mass is 463 g/mol. The second kappa shape index (κ2) is 11.2. The van der Waals surface area contributed by atoms with Crippen molar-refractivity contribution < 1.29 is 4.52 Å². The molecule has 0 amide bonds. The Balaban J connectivity index is 0.00000288. The van der Waals surface area contributed by atoms with Gasteiger partial charge in [0.25, 0.3) is 0 Å². The number of rotatable bonds is 7. The van der Waals surface area contributed by atoms with Crippen molar-refractivity contribution in [1.29, 1.82) is 0 Å². The van der Waals surface area contributed by atoms with Gasteiger partial charge in [-0.25, -0.2) is 9.98 Å². The van der Waals surface area contributed by atoms with Gasteiger partial charge in [0.1, 0.15) is 11.7 Å². The zero-order valence-electron chi connectivity index (χ0n) is 13.9. The molecule has 2 heterocycles. The van der Waals surface area contributed by atoms with E-state index in [1.807, 2.05) is 26.0 Å². The highest BCUT2D eigenvalue weighted by atomic mass is 127. The van der Waals surface area contributed by atoms with Crippen LogP contribution in [0.15, 0.2) is 33.9 Å². The standard InChI is InChI=1S/C16H22ClN5O.HI/c1-3-13-9-14(23-22-13)11-21-16(18-4-2)19-8-7-12-5-6-15(17)20-10-12;/h5-6,9-10H,3-4,7-8,11H2,1-2H3,(H2,18,19,21);1H. The van der Waals surface area contributed by atoms with Crippen LogP contribution in [-0.4, -0.2) is 29.2 Å². The number of pyridine rings is 1. The van der Waals surface area contributed by atoms with Crippen LogP contribution in [0.25, 0.3) is 0 Å². The van der Waals surface area contributed by atoms with Gasteiger partial charge in [0.05, 0.1) is 5.69 Å². The Morgan fingerprint density at radius 1 is 1.29 bits per heavy atom. The molecule has 132 valence electrons. The van der Waals surface area contributed by atoms with E-state index in [-0.39, 0.29) is 24.0 Å². The van der Waals surface area contributed by atoms with Crippen molar-refractivity contribution in [3.63, 3.8) is 0 Å². The minimum Gasteiger partial charge on any atom is -0.359 e. The highest BCUT2D eigenvalue weighted by Crippen LogP contribution is 2.06. The van der Waals surface area contributed by atoms with Gasteiger partial charge in [-0.2, -0.15) is 0 Å². The van der Waals surface area contributed by atoms with Crippen LogP contribution in [0.4, 0.5) is 0 Å². The van der Waals surface area contributed by atoms with E-state index in [1.165, 1.54) is 0 Å². The van der Waals surface area contributed by atoms with E-state index in [0.29, 0.717) is 11.7 Å². The fourth-order valence-electron chi connectivity index (χ4n) is 1.98.